The molecular weight excluding hydrogens is 490 g/mol. The van der Waals surface area contributed by atoms with Crippen LogP contribution in [0.15, 0.2) is 60.9 Å². The number of hydrogen-bond donors (Lipinski definition) is 2. The molecule has 2 aromatic heterocycles. The number of carbonyl (C=O) groups is 1. The Morgan fingerprint density at radius 3 is 2.56 bits per heavy atom. The zero-order valence-corrected chi connectivity index (χ0v) is 22.6. The predicted molar refractivity (Wildman–Crippen MR) is 153 cm³/mol. The highest BCUT2D eigenvalue weighted by Crippen LogP contribution is 2.37. The smallest absolute Gasteiger partial charge is 0.213 e. The number of methoxy groups -OCH3 is 1. The Hall–Kier alpha value is -3.97. The number of aliphatic hydroxyl groups excluding tert-OH is 1. The molecule has 1 fully saturated rings. The van der Waals surface area contributed by atoms with Gasteiger partial charge in [0.25, 0.3) is 0 Å². The molecule has 7 nitrogen and oxygen atoms in total. The van der Waals surface area contributed by atoms with E-state index in [1.54, 1.807) is 19.5 Å². The minimum atomic E-state index is -0.140. The van der Waals surface area contributed by atoms with Gasteiger partial charge in [0.2, 0.25) is 5.88 Å². The highest BCUT2D eigenvalue weighted by molar-refractivity contribution is 6.09. The number of benzene rings is 2. The van der Waals surface area contributed by atoms with Crippen molar-refractivity contribution in [3.63, 3.8) is 0 Å². The summed E-state index contributed by atoms with van der Waals surface area (Å²) in [6, 6.07) is 15.6. The zero-order chi connectivity index (χ0) is 27.2. The number of hydrogen-bond acceptors (Lipinski definition) is 7. The van der Waals surface area contributed by atoms with Crippen LogP contribution in [-0.2, 0) is 13.2 Å². The van der Waals surface area contributed by atoms with Crippen molar-refractivity contribution >= 4 is 22.4 Å². The highest BCUT2D eigenvalue weighted by Gasteiger charge is 2.27. The summed E-state index contributed by atoms with van der Waals surface area (Å²) in [4.78, 5) is 22.4. The summed E-state index contributed by atoms with van der Waals surface area (Å²) in [7, 11) is 1.65. The van der Waals surface area contributed by atoms with Crippen molar-refractivity contribution in [1.29, 1.82) is 0 Å². The summed E-state index contributed by atoms with van der Waals surface area (Å²) >= 11 is 0. The molecule has 0 saturated heterocycles. The Kier molecular flexibility index (Phi) is 8.37. The van der Waals surface area contributed by atoms with Gasteiger partial charge >= 0.3 is 0 Å². The number of nitrogens with zero attached hydrogens (tertiary/aromatic N) is 2. The summed E-state index contributed by atoms with van der Waals surface area (Å²) in [5, 5.41) is 14.6. The molecule has 0 radical (unpaired) electrons. The van der Waals surface area contributed by atoms with Crippen molar-refractivity contribution in [2.45, 2.75) is 52.2 Å². The van der Waals surface area contributed by atoms with Crippen molar-refractivity contribution < 1.29 is 19.4 Å². The van der Waals surface area contributed by atoms with Crippen LogP contribution in [-0.4, -0.2) is 34.6 Å². The fourth-order valence-corrected chi connectivity index (χ4v) is 4.66. The lowest BCUT2D eigenvalue weighted by atomic mass is 9.95. The normalized spacial score (nSPS) is 12.9. The molecule has 0 aliphatic heterocycles. The molecule has 2 heterocycles. The Bertz CT molecular complexity index is 1430. The predicted octanol–water partition coefficient (Wildman–Crippen LogP) is 6.57. The number of aromatic nitrogens is 2. The van der Waals surface area contributed by atoms with Crippen molar-refractivity contribution in [3.8, 4) is 22.8 Å². The highest BCUT2D eigenvalue weighted by atomic mass is 16.5. The first-order valence-corrected chi connectivity index (χ1v) is 13.6. The minimum Gasteiger partial charge on any atom is -0.497 e. The van der Waals surface area contributed by atoms with Crippen LogP contribution in [0.2, 0.25) is 0 Å². The molecular formula is C32H35N3O4. The molecule has 202 valence electrons. The fourth-order valence-electron chi connectivity index (χ4n) is 4.66. The second-order valence-electron chi connectivity index (χ2n) is 10.1. The van der Waals surface area contributed by atoms with E-state index < -0.39 is 0 Å². The van der Waals surface area contributed by atoms with Crippen LogP contribution in [0.25, 0.3) is 22.0 Å². The number of rotatable bonds is 13. The van der Waals surface area contributed by atoms with E-state index >= 15 is 0 Å². The van der Waals surface area contributed by atoms with E-state index in [2.05, 4.69) is 22.2 Å². The van der Waals surface area contributed by atoms with Crippen molar-refractivity contribution in [2.24, 2.45) is 5.92 Å². The Balaban J connectivity index is 1.53. The summed E-state index contributed by atoms with van der Waals surface area (Å²) in [5.74, 6) is 1.95. The van der Waals surface area contributed by atoms with Crippen molar-refractivity contribution in [2.75, 3.05) is 19.0 Å². The molecule has 5 rings (SSSR count). The lowest BCUT2D eigenvalue weighted by Gasteiger charge is -2.17. The number of anilines is 1. The topological polar surface area (TPSA) is 93.6 Å². The van der Waals surface area contributed by atoms with Gasteiger partial charge in [-0.1, -0.05) is 25.5 Å². The zero-order valence-electron chi connectivity index (χ0n) is 22.6. The lowest BCUT2D eigenvalue weighted by Crippen LogP contribution is -2.09. The number of ketones is 1. The van der Waals surface area contributed by atoms with Gasteiger partial charge in [-0.15, -0.1) is 0 Å². The Morgan fingerprint density at radius 1 is 1.08 bits per heavy atom. The van der Waals surface area contributed by atoms with Crippen molar-refractivity contribution in [3.05, 3.63) is 77.6 Å². The standard InChI is InChI=1S/C32H35N3O4/c1-3-4-13-39-31-12-9-23(18-34-31)26-16-27-29(15-24(26)20-36)33-19-28(30(37)14-21-5-6-21)32(27)35-17-22-7-10-25(38-2)11-8-22/h7-12,15-16,18-19,21,36H,3-6,13-14,17,20H2,1-2H3,(H,33,35). The molecule has 39 heavy (non-hydrogen) atoms. The van der Waals surface area contributed by atoms with Gasteiger partial charge in [0.05, 0.1) is 37.1 Å². The maximum Gasteiger partial charge on any atom is 0.213 e. The minimum absolute atomic E-state index is 0.104. The first-order valence-electron chi connectivity index (χ1n) is 13.6. The van der Waals surface area contributed by atoms with Gasteiger partial charge in [0.15, 0.2) is 5.78 Å². The molecule has 0 bridgehead atoms. The van der Waals surface area contributed by atoms with Crippen LogP contribution in [0.5, 0.6) is 11.6 Å². The first kappa shape index (κ1) is 26.6. The maximum atomic E-state index is 13.3. The van der Waals surface area contributed by atoms with Crippen LogP contribution >= 0.6 is 0 Å². The summed E-state index contributed by atoms with van der Waals surface area (Å²) in [5.41, 5.74) is 5.60. The van der Waals surface area contributed by atoms with Crippen LogP contribution in [0, 0.1) is 5.92 Å². The SMILES string of the molecule is CCCCOc1ccc(-c2cc3c(NCc4ccc(OC)cc4)c(C(=O)CC4CC4)cnc3cc2CO)cn1. The van der Waals surface area contributed by atoms with Gasteiger partial charge in [-0.3, -0.25) is 9.78 Å². The number of unbranched alkanes of at least 4 members (excludes halogenated alkanes) is 1. The largest absolute Gasteiger partial charge is 0.497 e. The first-order chi connectivity index (χ1) is 19.1. The molecule has 1 saturated carbocycles. The third-order valence-corrected chi connectivity index (χ3v) is 7.16. The van der Waals surface area contributed by atoms with Gasteiger partial charge in [-0.25, -0.2) is 4.98 Å². The molecule has 0 unspecified atom stereocenters. The quantitative estimate of drug-likeness (QED) is 0.151. The van der Waals surface area contributed by atoms with Crippen LogP contribution in [0.4, 0.5) is 5.69 Å². The monoisotopic (exact) mass is 525 g/mol. The molecule has 7 heteroatoms. The van der Waals surface area contributed by atoms with E-state index in [-0.39, 0.29) is 12.4 Å². The molecule has 1 aliphatic carbocycles. The van der Waals surface area contributed by atoms with Gasteiger partial charge in [-0.2, -0.15) is 0 Å². The molecule has 0 amide bonds. The van der Waals surface area contributed by atoms with E-state index in [1.807, 2.05) is 48.5 Å². The molecule has 2 aromatic carbocycles. The number of Topliss-reactive ketones (excluding diaryl/α,β-unsaturated/α-hetero) is 1. The second kappa shape index (κ2) is 12.3. The number of ether oxygens (including phenoxy) is 2. The molecule has 2 N–H and O–H groups in total. The van der Waals surface area contributed by atoms with Crippen molar-refractivity contribution in [1.82, 2.24) is 9.97 Å². The maximum absolute atomic E-state index is 13.3. The molecule has 0 atom stereocenters. The van der Waals surface area contributed by atoms with Gasteiger partial charge in [0, 0.05) is 42.4 Å². The number of fused-ring (bicyclic) bond motifs is 1. The summed E-state index contributed by atoms with van der Waals surface area (Å²) in [6.45, 7) is 3.15. The average molecular weight is 526 g/mol. The van der Waals surface area contributed by atoms with Crippen LogP contribution < -0.4 is 14.8 Å². The Labute approximate surface area is 229 Å². The van der Waals surface area contributed by atoms with Gasteiger partial charge in [0.1, 0.15) is 5.75 Å². The molecule has 4 aromatic rings. The van der Waals surface area contributed by atoms with E-state index in [4.69, 9.17) is 9.47 Å². The molecule has 1 aliphatic rings. The summed E-state index contributed by atoms with van der Waals surface area (Å²) in [6.07, 6.45) is 8.23. The van der Waals surface area contributed by atoms with E-state index in [1.165, 1.54) is 0 Å². The van der Waals surface area contributed by atoms with Crippen LogP contribution in [0.3, 0.4) is 0 Å². The average Bonchev–Trinajstić information content (AvgIpc) is 3.79. The van der Waals surface area contributed by atoms with Gasteiger partial charge in [-0.05, 0) is 72.2 Å². The number of carbonyl (C=O) groups excluding carboxylic acids is 1. The third kappa shape index (κ3) is 6.37. The fraction of sp³-hybridized carbons (Fsp3) is 0.344. The number of aliphatic hydroxyl groups is 1. The van der Waals surface area contributed by atoms with E-state index in [9.17, 15) is 9.90 Å². The number of pyridine rings is 2. The second-order valence-corrected chi connectivity index (χ2v) is 10.1. The Morgan fingerprint density at radius 2 is 1.90 bits per heavy atom. The van der Waals surface area contributed by atoms with Gasteiger partial charge < -0.3 is 19.9 Å². The number of nitrogens with one attached hydrogen (secondary N) is 1. The summed E-state index contributed by atoms with van der Waals surface area (Å²) < 4.78 is 11.0. The van der Waals surface area contributed by atoms with E-state index in [0.717, 1.165) is 70.3 Å². The molecule has 0 spiro atoms. The third-order valence-electron chi connectivity index (χ3n) is 7.16. The lowest BCUT2D eigenvalue weighted by molar-refractivity contribution is 0.0976. The van der Waals surface area contributed by atoms with Crippen LogP contribution in [0.1, 0.15) is 60.5 Å². The van der Waals surface area contributed by atoms with E-state index in [0.29, 0.717) is 36.9 Å².